The van der Waals surface area contributed by atoms with Crippen LogP contribution >= 0.6 is 0 Å². The third kappa shape index (κ3) is 3.34. The molecule has 130 valence electrons. The van der Waals surface area contributed by atoms with Gasteiger partial charge in [-0.1, -0.05) is 0 Å². The summed E-state index contributed by atoms with van der Waals surface area (Å²) in [5.74, 6) is 0.427. The summed E-state index contributed by atoms with van der Waals surface area (Å²) >= 11 is 0. The van der Waals surface area contributed by atoms with Crippen molar-refractivity contribution < 1.29 is 9.18 Å². The van der Waals surface area contributed by atoms with E-state index in [4.69, 9.17) is 0 Å². The molecule has 1 atom stereocenters. The molecule has 0 unspecified atom stereocenters. The number of aromatic nitrogens is 2. The van der Waals surface area contributed by atoms with Gasteiger partial charge in [-0.05, 0) is 55.9 Å². The van der Waals surface area contributed by atoms with Crippen LogP contribution in [0, 0.1) is 11.2 Å². The SMILES string of the molecule is C[C@@H](Nc1cc(-c2ccc(F)cc2)ncn1)C(=O)N1CCC2(CC2)C1. The first-order valence-corrected chi connectivity index (χ1v) is 8.68. The van der Waals surface area contributed by atoms with Gasteiger partial charge in [-0.3, -0.25) is 4.79 Å². The van der Waals surface area contributed by atoms with Crippen LogP contribution in [0.25, 0.3) is 11.3 Å². The summed E-state index contributed by atoms with van der Waals surface area (Å²) in [7, 11) is 0. The molecule has 1 spiro atoms. The number of carbonyl (C=O) groups is 1. The van der Waals surface area contributed by atoms with E-state index in [1.165, 1.54) is 31.3 Å². The normalized spacial score (nSPS) is 19.0. The first kappa shape index (κ1) is 16.0. The Hall–Kier alpha value is -2.50. The lowest BCUT2D eigenvalue weighted by molar-refractivity contribution is -0.130. The van der Waals surface area contributed by atoms with Crippen molar-refractivity contribution in [2.75, 3.05) is 18.4 Å². The number of nitrogens with zero attached hydrogens (tertiary/aromatic N) is 3. The van der Waals surface area contributed by atoms with Crippen LogP contribution in [-0.4, -0.2) is 39.9 Å². The first-order chi connectivity index (χ1) is 12.0. The molecule has 4 rings (SSSR count). The Morgan fingerprint density at radius 1 is 1.24 bits per heavy atom. The fraction of sp³-hybridized carbons (Fsp3) is 0.421. The van der Waals surface area contributed by atoms with E-state index in [-0.39, 0.29) is 17.8 Å². The molecule has 6 heteroatoms. The molecule has 5 nitrogen and oxygen atoms in total. The molecule has 1 aromatic heterocycles. The number of hydrogen-bond acceptors (Lipinski definition) is 4. The minimum absolute atomic E-state index is 0.116. The summed E-state index contributed by atoms with van der Waals surface area (Å²) in [5.41, 5.74) is 1.93. The second-order valence-corrected chi connectivity index (χ2v) is 7.17. The number of carbonyl (C=O) groups excluding carboxylic acids is 1. The highest BCUT2D eigenvalue weighted by atomic mass is 19.1. The van der Waals surface area contributed by atoms with Crippen LogP contribution in [0.1, 0.15) is 26.2 Å². The zero-order valence-electron chi connectivity index (χ0n) is 14.2. The number of likely N-dealkylation sites (tertiary alicyclic amines) is 1. The number of rotatable bonds is 4. The second kappa shape index (κ2) is 6.10. The third-order valence-corrected chi connectivity index (χ3v) is 5.25. The standard InChI is InChI=1S/C19H21FN4O/c1-13(18(25)24-9-8-19(11-24)6-7-19)23-17-10-16(21-12-22-17)14-2-4-15(20)5-3-14/h2-5,10,12-13H,6-9,11H2,1H3,(H,21,22,23)/t13-/m1/s1. The van der Waals surface area contributed by atoms with Crippen molar-refractivity contribution in [2.45, 2.75) is 32.2 Å². The van der Waals surface area contributed by atoms with Gasteiger partial charge in [0.15, 0.2) is 0 Å². The summed E-state index contributed by atoms with van der Waals surface area (Å²) in [5, 5.41) is 3.17. The fourth-order valence-corrected chi connectivity index (χ4v) is 3.48. The molecular formula is C19H21FN4O. The van der Waals surface area contributed by atoms with Crippen LogP contribution in [-0.2, 0) is 4.79 Å². The Morgan fingerprint density at radius 3 is 2.68 bits per heavy atom. The quantitative estimate of drug-likeness (QED) is 0.929. The lowest BCUT2D eigenvalue weighted by atomic mass is 10.1. The molecule has 2 heterocycles. The average molecular weight is 340 g/mol. The zero-order chi connectivity index (χ0) is 17.4. The van der Waals surface area contributed by atoms with Gasteiger partial charge in [0.2, 0.25) is 5.91 Å². The van der Waals surface area contributed by atoms with Gasteiger partial charge in [-0.25, -0.2) is 14.4 Å². The molecule has 1 aliphatic heterocycles. The van der Waals surface area contributed by atoms with E-state index in [1.807, 2.05) is 11.8 Å². The van der Waals surface area contributed by atoms with Crippen molar-refractivity contribution in [3.05, 3.63) is 42.5 Å². The lowest BCUT2D eigenvalue weighted by Gasteiger charge is -2.22. The minimum atomic E-state index is -0.343. The van der Waals surface area contributed by atoms with E-state index in [2.05, 4.69) is 15.3 Å². The number of halogens is 1. The molecular weight excluding hydrogens is 319 g/mol. The summed E-state index contributed by atoms with van der Waals surface area (Å²) in [6, 6.07) is 7.59. The highest BCUT2D eigenvalue weighted by Gasteiger charge is 2.49. The highest BCUT2D eigenvalue weighted by Crippen LogP contribution is 2.52. The molecule has 1 aromatic carbocycles. The monoisotopic (exact) mass is 340 g/mol. The zero-order valence-corrected chi connectivity index (χ0v) is 14.2. The van der Waals surface area contributed by atoms with Gasteiger partial charge in [0, 0.05) is 24.7 Å². The van der Waals surface area contributed by atoms with E-state index >= 15 is 0 Å². The number of nitrogens with one attached hydrogen (secondary N) is 1. The smallest absolute Gasteiger partial charge is 0.244 e. The topological polar surface area (TPSA) is 58.1 Å². The Balaban J connectivity index is 1.44. The van der Waals surface area contributed by atoms with Gasteiger partial charge >= 0.3 is 0 Å². The van der Waals surface area contributed by atoms with Crippen molar-refractivity contribution in [3.63, 3.8) is 0 Å². The maximum Gasteiger partial charge on any atom is 0.244 e. The molecule has 2 aliphatic rings. The van der Waals surface area contributed by atoms with Crippen LogP contribution in [0.2, 0.25) is 0 Å². The molecule has 1 N–H and O–H groups in total. The van der Waals surface area contributed by atoms with Crippen LogP contribution in [0.4, 0.5) is 10.2 Å². The van der Waals surface area contributed by atoms with Crippen LogP contribution < -0.4 is 5.32 Å². The number of anilines is 1. The fourth-order valence-electron chi connectivity index (χ4n) is 3.48. The van der Waals surface area contributed by atoms with Crippen LogP contribution in [0.15, 0.2) is 36.7 Å². The summed E-state index contributed by atoms with van der Waals surface area (Å²) in [6.45, 7) is 3.61. The van der Waals surface area contributed by atoms with E-state index in [0.29, 0.717) is 16.9 Å². The van der Waals surface area contributed by atoms with Crippen molar-refractivity contribution in [2.24, 2.45) is 5.41 Å². The predicted octanol–water partition coefficient (Wildman–Crippen LogP) is 3.10. The first-order valence-electron chi connectivity index (χ1n) is 8.68. The predicted molar refractivity (Wildman–Crippen MR) is 93.4 cm³/mol. The molecule has 0 bridgehead atoms. The summed E-state index contributed by atoms with van der Waals surface area (Å²) in [6.07, 6.45) is 5.10. The maximum atomic E-state index is 13.1. The molecule has 1 aliphatic carbocycles. The van der Waals surface area contributed by atoms with Gasteiger partial charge in [0.1, 0.15) is 24.0 Å². The van der Waals surface area contributed by atoms with Crippen molar-refractivity contribution in [1.82, 2.24) is 14.9 Å². The third-order valence-electron chi connectivity index (χ3n) is 5.25. The Bertz CT molecular complexity index is 788. The highest BCUT2D eigenvalue weighted by molar-refractivity contribution is 5.84. The molecule has 1 amide bonds. The molecule has 0 radical (unpaired) electrons. The number of amides is 1. The van der Waals surface area contributed by atoms with E-state index < -0.39 is 0 Å². The minimum Gasteiger partial charge on any atom is -0.359 e. The summed E-state index contributed by atoms with van der Waals surface area (Å²) < 4.78 is 13.1. The molecule has 1 saturated carbocycles. The van der Waals surface area contributed by atoms with Crippen molar-refractivity contribution >= 4 is 11.7 Å². The number of hydrogen-bond donors (Lipinski definition) is 1. The van der Waals surface area contributed by atoms with Gasteiger partial charge < -0.3 is 10.2 Å². The van der Waals surface area contributed by atoms with Gasteiger partial charge in [0.25, 0.3) is 0 Å². The molecule has 2 aromatic rings. The largest absolute Gasteiger partial charge is 0.359 e. The Morgan fingerprint density at radius 2 is 2.00 bits per heavy atom. The van der Waals surface area contributed by atoms with Gasteiger partial charge in [-0.2, -0.15) is 0 Å². The second-order valence-electron chi connectivity index (χ2n) is 7.17. The average Bonchev–Trinajstić information content (AvgIpc) is 3.24. The molecule has 2 fully saturated rings. The maximum absolute atomic E-state index is 13.1. The van der Waals surface area contributed by atoms with E-state index in [0.717, 1.165) is 25.1 Å². The van der Waals surface area contributed by atoms with Gasteiger partial charge in [0.05, 0.1) is 5.69 Å². The van der Waals surface area contributed by atoms with E-state index in [9.17, 15) is 9.18 Å². The number of benzene rings is 1. The molecule has 25 heavy (non-hydrogen) atoms. The van der Waals surface area contributed by atoms with Crippen molar-refractivity contribution in [1.29, 1.82) is 0 Å². The Kier molecular flexibility index (Phi) is 3.90. The van der Waals surface area contributed by atoms with E-state index in [1.54, 1.807) is 18.2 Å². The van der Waals surface area contributed by atoms with Crippen molar-refractivity contribution in [3.8, 4) is 11.3 Å². The Labute approximate surface area is 146 Å². The van der Waals surface area contributed by atoms with Crippen LogP contribution in [0.5, 0.6) is 0 Å². The van der Waals surface area contributed by atoms with Crippen LogP contribution in [0.3, 0.4) is 0 Å². The summed E-state index contributed by atoms with van der Waals surface area (Å²) in [4.78, 5) is 23.0. The lowest BCUT2D eigenvalue weighted by Crippen LogP contribution is -2.40. The molecule has 1 saturated heterocycles. The van der Waals surface area contributed by atoms with Gasteiger partial charge in [-0.15, -0.1) is 0 Å².